The topological polar surface area (TPSA) is 97.0 Å². The first-order valence-corrected chi connectivity index (χ1v) is 12.8. The standard InChI is InChI=1S/C26H34FN3O5/c1-15(16-8-11-34-12-9-16)28-20-3-2-10-35-22(20)13-17-4-5-18-19(24(17)27)14-30(26(18)33)21-6-7-23(31)29-25(21)32/h4-5,15-16,20-22,28H,2-3,6-14H2,1H3,(H,29,31,32)/t15-,20+,21?,22-/m1/s1. The van der Waals surface area contributed by atoms with Crippen LogP contribution in [0.3, 0.4) is 0 Å². The van der Waals surface area contributed by atoms with Crippen LogP contribution < -0.4 is 10.6 Å². The van der Waals surface area contributed by atoms with Crippen LogP contribution in [-0.4, -0.2) is 66.7 Å². The van der Waals surface area contributed by atoms with Gasteiger partial charge in [-0.2, -0.15) is 0 Å². The van der Waals surface area contributed by atoms with Crippen LogP contribution >= 0.6 is 0 Å². The minimum atomic E-state index is -0.752. The molecule has 8 nitrogen and oxygen atoms in total. The Hall–Kier alpha value is -2.36. The van der Waals surface area contributed by atoms with Crippen molar-refractivity contribution in [3.05, 3.63) is 34.6 Å². The molecule has 9 heteroatoms. The number of imide groups is 1. The first kappa shape index (κ1) is 24.3. The number of carbonyl (C=O) groups excluding carboxylic acids is 3. The highest BCUT2D eigenvalue weighted by molar-refractivity contribution is 6.05. The van der Waals surface area contributed by atoms with Gasteiger partial charge in [0.15, 0.2) is 0 Å². The second kappa shape index (κ2) is 10.3. The van der Waals surface area contributed by atoms with Gasteiger partial charge >= 0.3 is 0 Å². The monoisotopic (exact) mass is 487 g/mol. The number of rotatable bonds is 6. The Morgan fingerprint density at radius 3 is 2.71 bits per heavy atom. The number of carbonyl (C=O) groups is 3. The number of amides is 3. The smallest absolute Gasteiger partial charge is 0.255 e. The second-order valence-electron chi connectivity index (χ2n) is 10.2. The SMILES string of the molecule is C[C@@H](N[C@H]1CCCO[C@@H]1Cc1ccc2c(c1F)CN(C1CCC(=O)NC1=O)C2=O)C1CCOCC1. The molecule has 35 heavy (non-hydrogen) atoms. The summed E-state index contributed by atoms with van der Waals surface area (Å²) >= 11 is 0. The molecule has 0 spiro atoms. The Morgan fingerprint density at radius 1 is 1.14 bits per heavy atom. The quantitative estimate of drug-likeness (QED) is 0.597. The summed E-state index contributed by atoms with van der Waals surface area (Å²) in [5.74, 6) is -1.03. The van der Waals surface area contributed by atoms with Crippen LogP contribution in [0, 0.1) is 11.7 Å². The maximum Gasteiger partial charge on any atom is 0.255 e. The third-order valence-corrected chi connectivity index (χ3v) is 8.04. The number of benzene rings is 1. The number of nitrogens with zero attached hydrogens (tertiary/aromatic N) is 1. The van der Waals surface area contributed by atoms with Gasteiger partial charge in [0.2, 0.25) is 11.8 Å². The molecule has 1 aromatic carbocycles. The highest BCUT2D eigenvalue weighted by atomic mass is 19.1. The Kier molecular flexibility index (Phi) is 7.18. The van der Waals surface area contributed by atoms with Crippen molar-refractivity contribution >= 4 is 17.7 Å². The zero-order valence-corrected chi connectivity index (χ0v) is 20.2. The van der Waals surface area contributed by atoms with E-state index in [1.807, 2.05) is 0 Å². The molecule has 190 valence electrons. The molecule has 5 rings (SSSR count). The van der Waals surface area contributed by atoms with E-state index < -0.39 is 17.8 Å². The van der Waals surface area contributed by atoms with E-state index in [1.165, 1.54) is 4.90 Å². The Morgan fingerprint density at radius 2 is 1.94 bits per heavy atom. The van der Waals surface area contributed by atoms with E-state index in [1.54, 1.807) is 12.1 Å². The fourth-order valence-electron chi connectivity index (χ4n) is 5.95. The van der Waals surface area contributed by atoms with E-state index in [-0.39, 0.29) is 43.3 Å². The molecule has 0 radical (unpaired) electrons. The molecular weight excluding hydrogens is 453 g/mol. The van der Waals surface area contributed by atoms with E-state index in [0.29, 0.717) is 41.7 Å². The molecule has 1 unspecified atom stereocenters. The van der Waals surface area contributed by atoms with Crippen molar-refractivity contribution in [2.45, 2.75) is 82.6 Å². The number of halogens is 1. The van der Waals surface area contributed by atoms with E-state index in [2.05, 4.69) is 17.6 Å². The first-order chi connectivity index (χ1) is 16.9. The molecule has 3 amide bonds. The van der Waals surface area contributed by atoms with Crippen LogP contribution in [0.5, 0.6) is 0 Å². The summed E-state index contributed by atoms with van der Waals surface area (Å²) in [5, 5.41) is 6.04. The molecule has 1 aromatic rings. The molecule has 4 aliphatic heterocycles. The fourth-order valence-corrected chi connectivity index (χ4v) is 5.95. The Labute approximate surface area is 204 Å². The molecule has 0 aliphatic carbocycles. The van der Waals surface area contributed by atoms with Gasteiger partial charge in [0.1, 0.15) is 11.9 Å². The van der Waals surface area contributed by atoms with Gasteiger partial charge < -0.3 is 19.7 Å². The third-order valence-electron chi connectivity index (χ3n) is 8.04. The summed E-state index contributed by atoms with van der Waals surface area (Å²) < 4.78 is 27.3. The van der Waals surface area contributed by atoms with Crippen molar-refractivity contribution in [1.29, 1.82) is 0 Å². The Bertz CT molecular complexity index is 995. The number of ether oxygens (including phenoxy) is 2. The summed E-state index contributed by atoms with van der Waals surface area (Å²) in [6.45, 7) is 4.51. The van der Waals surface area contributed by atoms with Crippen LogP contribution in [0.1, 0.15) is 66.9 Å². The van der Waals surface area contributed by atoms with Gasteiger partial charge in [-0.05, 0) is 56.6 Å². The van der Waals surface area contributed by atoms with Gasteiger partial charge in [-0.25, -0.2) is 4.39 Å². The first-order valence-electron chi connectivity index (χ1n) is 12.8. The van der Waals surface area contributed by atoms with Gasteiger partial charge in [-0.3, -0.25) is 19.7 Å². The summed E-state index contributed by atoms with van der Waals surface area (Å²) in [7, 11) is 0. The molecule has 3 saturated heterocycles. The molecule has 0 saturated carbocycles. The van der Waals surface area contributed by atoms with Crippen molar-refractivity contribution in [2.75, 3.05) is 19.8 Å². The molecule has 3 fully saturated rings. The molecule has 4 heterocycles. The minimum absolute atomic E-state index is 0.0358. The van der Waals surface area contributed by atoms with E-state index in [4.69, 9.17) is 9.47 Å². The highest BCUT2D eigenvalue weighted by Crippen LogP contribution is 2.32. The van der Waals surface area contributed by atoms with E-state index in [9.17, 15) is 14.4 Å². The predicted molar refractivity (Wildman–Crippen MR) is 125 cm³/mol. The third kappa shape index (κ3) is 4.99. The lowest BCUT2D eigenvalue weighted by molar-refractivity contribution is -0.136. The maximum atomic E-state index is 15.7. The van der Waals surface area contributed by atoms with Gasteiger partial charge in [-0.1, -0.05) is 6.07 Å². The van der Waals surface area contributed by atoms with Crippen molar-refractivity contribution in [1.82, 2.24) is 15.5 Å². The number of hydrogen-bond acceptors (Lipinski definition) is 6. The van der Waals surface area contributed by atoms with Crippen LogP contribution in [0.25, 0.3) is 0 Å². The number of nitrogens with one attached hydrogen (secondary N) is 2. The average Bonchev–Trinajstić information content (AvgIpc) is 3.19. The number of piperidine rings is 1. The van der Waals surface area contributed by atoms with Crippen LogP contribution in [-0.2, 0) is 32.0 Å². The predicted octanol–water partition coefficient (Wildman–Crippen LogP) is 2.08. The Balaban J connectivity index is 1.28. The lowest BCUT2D eigenvalue weighted by Gasteiger charge is -2.37. The van der Waals surface area contributed by atoms with Crippen LogP contribution in [0.2, 0.25) is 0 Å². The van der Waals surface area contributed by atoms with Gasteiger partial charge in [0.25, 0.3) is 5.91 Å². The zero-order chi connectivity index (χ0) is 24.5. The van der Waals surface area contributed by atoms with Crippen molar-refractivity contribution in [2.24, 2.45) is 5.92 Å². The lowest BCUT2D eigenvalue weighted by Crippen LogP contribution is -2.52. The summed E-state index contributed by atoms with van der Waals surface area (Å²) in [5.41, 5.74) is 1.15. The van der Waals surface area contributed by atoms with E-state index >= 15 is 4.39 Å². The summed E-state index contributed by atoms with van der Waals surface area (Å²) in [6.07, 6.45) is 4.74. The highest BCUT2D eigenvalue weighted by Gasteiger charge is 2.41. The number of fused-ring (bicyclic) bond motifs is 1. The van der Waals surface area contributed by atoms with Crippen LogP contribution in [0.4, 0.5) is 4.39 Å². The maximum absolute atomic E-state index is 15.7. The van der Waals surface area contributed by atoms with Crippen molar-refractivity contribution < 1.29 is 28.2 Å². The molecule has 2 N–H and O–H groups in total. The van der Waals surface area contributed by atoms with Gasteiger partial charge in [0.05, 0.1) is 12.6 Å². The zero-order valence-electron chi connectivity index (χ0n) is 20.2. The van der Waals surface area contributed by atoms with Crippen molar-refractivity contribution in [3.63, 3.8) is 0 Å². The molecule has 4 aliphatic rings. The minimum Gasteiger partial charge on any atom is -0.381 e. The normalized spacial score (nSPS) is 28.7. The molecule has 4 atom stereocenters. The van der Waals surface area contributed by atoms with E-state index in [0.717, 1.165) is 38.9 Å². The number of hydrogen-bond donors (Lipinski definition) is 2. The van der Waals surface area contributed by atoms with Gasteiger partial charge in [0, 0.05) is 55.9 Å². The summed E-state index contributed by atoms with van der Waals surface area (Å²) in [6, 6.07) is 3.06. The molecule has 0 bridgehead atoms. The lowest BCUT2D eigenvalue weighted by atomic mass is 9.89. The average molecular weight is 488 g/mol. The van der Waals surface area contributed by atoms with Crippen LogP contribution in [0.15, 0.2) is 12.1 Å². The fraction of sp³-hybridized carbons (Fsp3) is 0.654. The van der Waals surface area contributed by atoms with Gasteiger partial charge in [-0.15, -0.1) is 0 Å². The molecule has 0 aromatic heterocycles. The summed E-state index contributed by atoms with van der Waals surface area (Å²) in [4.78, 5) is 38.1. The van der Waals surface area contributed by atoms with Crippen molar-refractivity contribution in [3.8, 4) is 0 Å². The second-order valence-corrected chi connectivity index (χ2v) is 10.2. The largest absolute Gasteiger partial charge is 0.381 e. The molecular formula is C26H34FN3O5.